The molecule has 4 nitrogen and oxygen atoms in total. The number of hydrogen-bond acceptors (Lipinski definition) is 2. The maximum Gasteiger partial charge on any atom is 0.238 e. The maximum atomic E-state index is 12.3. The minimum Gasteiger partial charge on any atom is -0.350 e. The second-order valence-electron chi connectivity index (χ2n) is 6.22. The normalized spacial score (nSPS) is 22.2. The van der Waals surface area contributed by atoms with Gasteiger partial charge in [-0.3, -0.25) is 4.79 Å². The zero-order valence-electron chi connectivity index (χ0n) is 12.4. The molecule has 0 radical (unpaired) electrons. The maximum absolute atomic E-state index is 12.3. The van der Waals surface area contributed by atoms with Gasteiger partial charge in [0.1, 0.15) is 0 Å². The minimum absolute atomic E-state index is 0.0342. The first kappa shape index (κ1) is 14.1. The van der Waals surface area contributed by atoms with E-state index in [1.807, 2.05) is 7.05 Å². The Kier molecular flexibility index (Phi) is 3.99. The molecule has 1 saturated heterocycles. The molecule has 0 aromatic carbocycles. The van der Waals surface area contributed by atoms with Crippen molar-refractivity contribution in [2.75, 3.05) is 6.54 Å². The van der Waals surface area contributed by atoms with Crippen molar-refractivity contribution in [3.63, 3.8) is 0 Å². The van der Waals surface area contributed by atoms with Crippen molar-refractivity contribution in [3.05, 3.63) is 23.5 Å². The number of amides is 1. The van der Waals surface area contributed by atoms with E-state index in [4.69, 9.17) is 0 Å². The van der Waals surface area contributed by atoms with Gasteiger partial charge in [0, 0.05) is 18.4 Å². The first-order chi connectivity index (χ1) is 8.92. The Hall–Kier alpha value is -1.29. The molecule has 2 N–H and O–H groups in total. The lowest BCUT2D eigenvalue weighted by Crippen LogP contribution is -2.55. The molecule has 1 aliphatic heterocycles. The van der Waals surface area contributed by atoms with E-state index in [0.717, 1.165) is 25.1 Å². The largest absolute Gasteiger partial charge is 0.350 e. The molecule has 4 heteroatoms. The summed E-state index contributed by atoms with van der Waals surface area (Å²) in [5.74, 6) is 0.114. The van der Waals surface area contributed by atoms with Gasteiger partial charge in [0.25, 0.3) is 0 Å². The van der Waals surface area contributed by atoms with Crippen molar-refractivity contribution in [3.8, 4) is 0 Å². The van der Waals surface area contributed by atoms with Crippen molar-refractivity contribution in [2.24, 2.45) is 12.5 Å². The van der Waals surface area contributed by atoms with Gasteiger partial charge in [0.2, 0.25) is 5.91 Å². The molecule has 0 spiro atoms. The fourth-order valence-corrected chi connectivity index (χ4v) is 2.78. The fraction of sp³-hybridized carbons (Fsp3) is 0.667. The van der Waals surface area contributed by atoms with Crippen LogP contribution in [0, 0.1) is 12.3 Å². The van der Waals surface area contributed by atoms with E-state index in [0.29, 0.717) is 6.54 Å². The summed E-state index contributed by atoms with van der Waals surface area (Å²) in [7, 11) is 2.03. The molecule has 1 aromatic rings. The summed E-state index contributed by atoms with van der Waals surface area (Å²) in [5.41, 5.74) is 2.38. The van der Waals surface area contributed by atoms with E-state index in [-0.39, 0.29) is 17.4 Å². The second kappa shape index (κ2) is 5.37. The zero-order chi connectivity index (χ0) is 14.0. The van der Waals surface area contributed by atoms with E-state index < -0.39 is 0 Å². The van der Waals surface area contributed by atoms with Gasteiger partial charge >= 0.3 is 0 Å². The van der Waals surface area contributed by atoms with Crippen LogP contribution in [0.15, 0.2) is 12.1 Å². The highest BCUT2D eigenvalue weighted by Crippen LogP contribution is 2.30. The van der Waals surface area contributed by atoms with E-state index in [2.05, 4.69) is 48.1 Å². The average molecular weight is 263 g/mol. The van der Waals surface area contributed by atoms with Gasteiger partial charge in [-0.25, -0.2) is 0 Å². The Morgan fingerprint density at radius 2 is 2.26 bits per heavy atom. The lowest BCUT2D eigenvalue weighted by atomic mass is 9.77. The summed E-state index contributed by atoms with van der Waals surface area (Å²) in [4.78, 5) is 12.3. The summed E-state index contributed by atoms with van der Waals surface area (Å²) in [6.45, 7) is 7.92. The Labute approximate surface area is 115 Å². The van der Waals surface area contributed by atoms with Gasteiger partial charge in [-0.2, -0.15) is 0 Å². The molecule has 2 heterocycles. The number of rotatable bonds is 3. The van der Waals surface area contributed by atoms with Crippen molar-refractivity contribution in [2.45, 2.75) is 46.2 Å². The third kappa shape index (κ3) is 3.00. The van der Waals surface area contributed by atoms with Crippen molar-refractivity contribution >= 4 is 5.91 Å². The van der Waals surface area contributed by atoms with Crippen molar-refractivity contribution in [1.82, 2.24) is 15.2 Å². The molecule has 1 amide bonds. The predicted octanol–water partition coefficient (Wildman–Crippen LogP) is 1.73. The number of aromatic nitrogens is 1. The number of carbonyl (C=O) groups excluding carboxylic acids is 1. The number of hydrogen-bond donors (Lipinski definition) is 2. The summed E-state index contributed by atoms with van der Waals surface area (Å²) in [6.07, 6.45) is 2.25. The van der Waals surface area contributed by atoms with Crippen LogP contribution in [0.25, 0.3) is 0 Å². The molecule has 1 aliphatic rings. The monoisotopic (exact) mass is 263 g/mol. The third-order valence-electron chi connectivity index (χ3n) is 4.31. The molecule has 1 fully saturated rings. The van der Waals surface area contributed by atoms with E-state index in [1.165, 1.54) is 5.69 Å². The first-order valence-electron chi connectivity index (χ1n) is 7.04. The van der Waals surface area contributed by atoms with Gasteiger partial charge in [-0.1, -0.05) is 13.8 Å². The van der Waals surface area contributed by atoms with Crippen LogP contribution in [0.5, 0.6) is 0 Å². The van der Waals surface area contributed by atoms with E-state index >= 15 is 0 Å². The van der Waals surface area contributed by atoms with Gasteiger partial charge < -0.3 is 15.2 Å². The smallest absolute Gasteiger partial charge is 0.238 e. The van der Waals surface area contributed by atoms with E-state index in [1.54, 1.807) is 0 Å². The average Bonchev–Trinajstić information content (AvgIpc) is 2.66. The third-order valence-corrected chi connectivity index (χ3v) is 4.31. The van der Waals surface area contributed by atoms with Gasteiger partial charge in [-0.15, -0.1) is 0 Å². The summed E-state index contributed by atoms with van der Waals surface area (Å²) in [6, 6.07) is 4.06. The second-order valence-corrected chi connectivity index (χ2v) is 6.22. The Morgan fingerprint density at radius 1 is 1.53 bits per heavy atom. The van der Waals surface area contributed by atoms with Crippen LogP contribution in [0.3, 0.4) is 0 Å². The lowest BCUT2D eigenvalue weighted by molar-refractivity contribution is -0.127. The zero-order valence-corrected chi connectivity index (χ0v) is 12.4. The minimum atomic E-state index is -0.0809. The van der Waals surface area contributed by atoms with Crippen LogP contribution >= 0.6 is 0 Å². The van der Waals surface area contributed by atoms with Crippen LogP contribution in [0.2, 0.25) is 0 Å². The Morgan fingerprint density at radius 3 is 2.84 bits per heavy atom. The molecule has 2 rings (SSSR count). The molecule has 1 atom stereocenters. The molecule has 1 aromatic heterocycles. The van der Waals surface area contributed by atoms with Gasteiger partial charge in [0.05, 0.1) is 12.6 Å². The van der Waals surface area contributed by atoms with Crippen LogP contribution in [0.1, 0.15) is 38.1 Å². The highest BCUT2D eigenvalue weighted by molar-refractivity contribution is 5.82. The van der Waals surface area contributed by atoms with Crippen LogP contribution < -0.4 is 10.6 Å². The summed E-state index contributed by atoms with van der Waals surface area (Å²) >= 11 is 0. The molecule has 0 saturated carbocycles. The van der Waals surface area contributed by atoms with Crippen molar-refractivity contribution < 1.29 is 4.79 Å². The molecule has 1 unspecified atom stereocenters. The van der Waals surface area contributed by atoms with Crippen LogP contribution in [-0.4, -0.2) is 23.1 Å². The molecule has 106 valence electrons. The van der Waals surface area contributed by atoms with Gasteiger partial charge in [-0.05, 0) is 43.9 Å². The Balaban J connectivity index is 1.96. The SMILES string of the molecule is Cc1ccc(CNC(=O)C2NCCCC2(C)C)n1C. The molecular formula is C15H25N3O. The number of piperidine rings is 1. The molecular weight excluding hydrogens is 238 g/mol. The highest BCUT2D eigenvalue weighted by atomic mass is 16.2. The van der Waals surface area contributed by atoms with Crippen molar-refractivity contribution in [1.29, 1.82) is 0 Å². The van der Waals surface area contributed by atoms with Crippen LogP contribution in [-0.2, 0) is 18.4 Å². The van der Waals surface area contributed by atoms with Gasteiger partial charge in [0.15, 0.2) is 0 Å². The quantitative estimate of drug-likeness (QED) is 0.872. The highest BCUT2D eigenvalue weighted by Gasteiger charge is 2.36. The number of aryl methyl sites for hydroxylation is 1. The standard InChI is InChI=1S/C15H25N3O/c1-11-6-7-12(18(11)4)10-17-14(19)13-15(2,3)8-5-9-16-13/h6-7,13,16H,5,8-10H2,1-4H3,(H,17,19). The molecule has 19 heavy (non-hydrogen) atoms. The topological polar surface area (TPSA) is 46.1 Å². The van der Waals surface area contributed by atoms with Crippen LogP contribution in [0.4, 0.5) is 0 Å². The number of carbonyl (C=O) groups is 1. The molecule has 0 bridgehead atoms. The lowest BCUT2D eigenvalue weighted by Gasteiger charge is -2.38. The first-order valence-corrected chi connectivity index (χ1v) is 7.04. The Bertz CT molecular complexity index is 462. The summed E-state index contributed by atoms with van der Waals surface area (Å²) in [5, 5.41) is 6.40. The number of nitrogens with one attached hydrogen (secondary N) is 2. The van der Waals surface area contributed by atoms with E-state index in [9.17, 15) is 4.79 Å². The molecule has 0 aliphatic carbocycles. The number of nitrogens with zero attached hydrogens (tertiary/aromatic N) is 1. The summed E-state index contributed by atoms with van der Waals surface area (Å²) < 4.78 is 2.11. The predicted molar refractivity (Wildman–Crippen MR) is 76.8 cm³/mol. The fourth-order valence-electron chi connectivity index (χ4n) is 2.78.